The van der Waals surface area contributed by atoms with Gasteiger partial charge in [0, 0.05) is 12.6 Å². The molecule has 1 aromatic rings. The normalized spacial score (nSPS) is 18.9. The average molecular weight is 249 g/mol. The molecule has 18 heavy (non-hydrogen) atoms. The lowest BCUT2D eigenvalue weighted by Gasteiger charge is -2.23. The number of hydrogen-bond donors (Lipinski definition) is 1. The van der Waals surface area contributed by atoms with E-state index in [1.54, 1.807) is 12.1 Å². The Kier molecular flexibility index (Phi) is 4.06. The van der Waals surface area contributed by atoms with Gasteiger partial charge in [0.1, 0.15) is 5.82 Å². The molecular formula is C16H24FN. The molecule has 1 unspecified atom stereocenters. The Hall–Kier alpha value is -0.890. The highest BCUT2D eigenvalue weighted by molar-refractivity contribution is 5.17. The molecule has 0 aromatic heterocycles. The molecule has 0 radical (unpaired) electrons. The highest BCUT2D eigenvalue weighted by Crippen LogP contribution is 2.51. The van der Waals surface area contributed by atoms with E-state index in [1.807, 2.05) is 6.07 Å². The maximum atomic E-state index is 13.1. The second kappa shape index (κ2) is 5.40. The van der Waals surface area contributed by atoms with Crippen LogP contribution in [0.2, 0.25) is 0 Å². The fourth-order valence-corrected chi connectivity index (χ4v) is 2.59. The third-order valence-corrected chi connectivity index (χ3v) is 4.35. The van der Waals surface area contributed by atoms with Crippen LogP contribution < -0.4 is 5.32 Å². The second-order valence-electron chi connectivity index (χ2n) is 6.13. The smallest absolute Gasteiger partial charge is 0.123 e. The van der Waals surface area contributed by atoms with Gasteiger partial charge in [0.15, 0.2) is 0 Å². The van der Waals surface area contributed by atoms with E-state index in [9.17, 15) is 4.39 Å². The molecule has 100 valence electrons. The first-order valence-electron chi connectivity index (χ1n) is 7.00. The van der Waals surface area contributed by atoms with E-state index in [2.05, 4.69) is 26.1 Å². The van der Waals surface area contributed by atoms with Crippen molar-refractivity contribution in [3.8, 4) is 0 Å². The summed E-state index contributed by atoms with van der Waals surface area (Å²) in [6.45, 7) is 7.90. The van der Waals surface area contributed by atoms with E-state index in [0.29, 0.717) is 11.5 Å². The topological polar surface area (TPSA) is 12.0 Å². The van der Waals surface area contributed by atoms with Crippen molar-refractivity contribution in [3.63, 3.8) is 0 Å². The van der Waals surface area contributed by atoms with E-state index >= 15 is 0 Å². The van der Waals surface area contributed by atoms with Crippen molar-refractivity contribution in [1.82, 2.24) is 5.32 Å². The molecule has 0 aliphatic heterocycles. The molecule has 1 atom stereocenters. The third-order valence-electron chi connectivity index (χ3n) is 4.35. The molecular weight excluding hydrogens is 225 g/mol. The zero-order valence-corrected chi connectivity index (χ0v) is 11.7. The summed E-state index contributed by atoms with van der Waals surface area (Å²) in [6.07, 6.45) is 3.60. The van der Waals surface area contributed by atoms with E-state index < -0.39 is 0 Å². The molecule has 0 bridgehead atoms. The molecule has 0 spiro atoms. The van der Waals surface area contributed by atoms with Crippen LogP contribution in [-0.2, 0) is 6.42 Å². The van der Waals surface area contributed by atoms with Gasteiger partial charge in [-0.2, -0.15) is 0 Å². The zero-order valence-electron chi connectivity index (χ0n) is 11.7. The summed E-state index contributed by atoms with van der Waals surface area (Å²) in [5, 5.41) is 3.61. The van der Waals surface area contributed by atoms with Crippen molar-refractivity contribution in [2.45, 2.75) is 46.1 Å². The van der Waals surface area contributed by atoms with Crippen LogP contribution >= 0.6 is 0 Å². The SMILES string of the molecule is CC(Cc1cccc(F)c1)NCC1(C(C)C)CC1. The van der Waals surface area contributed by atoms with Crippen molar-refractivity contribution in [2.75, 3.05) is 6.54 Å². The third kappa shape index (κ3) is 3.32. The van der Waals surface area contributed by atoms with Crippen LogP contribution in [0.4, 0.5) is 4.39 Å². The quantitative estimate of drug-likeness (QED) is 0.809. The van der Waals surface area contributed by atoms with Gasteiger partial charge < -0.3 is 5.32 Å². The van der Waals surface area contributed by atoms with Crippen LogP contribution in [0, 0.1) is 17.2 Å². The summed E-state index contributed by atoms with van der Waals surface area (Å²) in [7, 11) is 0. The van der Waals surface area contributed by atoms with Crippen LogP contribution in [0.3, 0.4) is 0 Å². The Bertz CT molecular complexity index is 396. The van der Waals surface area contributed by atoms with Crippen LogP contribution in [-0.4, -0.2) is 12.6 Å². The maximum Gasteiger partial charge on any atom is 0.123 e. The van der Waals surface area contributed by atoms with Crippen LogP contribution in [0.25, 0.3) is 0 Å². The number of benzene rings is 1. The summed E-state index contributed by atoms with van der Waals surface area (Å²) in [5.41, 5.74) is 1.61. The standard InChI is InChI=1S/C16H24FN/c1-12(2)16(7-8-16)11-18-13(3)9-14-5-4-6-15(17)10-14/h4-6,10,12-13,18H,7-9,11H2,1-3H3. The molecule has 0 saturated heterocycles. The van der Waals surface area contributed by atoms with Crippen molar-refractivity contribution < 1.29 is 4.39 Å². The van der Waals surface area contributed by atoms with Gasteiger partial charge in [0.2, 0.25) is 0 Å². The molecule has 0 amide bonds. The van der Waals surface area contributed by atoms with Crippen molar-refractivity contribution in [3.05, 3.63) is 35.6 Å². The number of hydrogen-bond acceptors (Lipinski definition) is 1. The van der Waals surface area contributed by atoms with Gasteiger partial charge in [0.25, 0.3) is 0 Å². The van der Waals surface area contributed by atoms with Gasteiger partial charge in [-0.05, 0) is 55.2 Å². The number of rotatable bonds is 6. The number of halogens is 1. The fourth-order valence-electron chi connectivity index (χ4n) is 2.59. The lowest BCUT2D eigenvalue weighted by Crippen LogP contribution is -2.35. The average Bonchev–Trinajstić information content (AvgIpc) is 3.07. The minimum Gasteiger partial charge on any atom is -0.313 e. The molecule has 2 rings (SSSR count). The molecule has 1 N–H and O–H groups in total. The Morgan fingerprint density at radius 2 is 2.00 bits per heavy atom. The Morgan fingerprint density at radius 3 is 2.56 bits per heavy atom. The Labute approximate surface area is 110 Å². The van der Waals surface area contributed by atoms with Gasteiger partial charge in [0.05, 0.1) is 0 Å². The largest absolute Gasteiger partial charge is 0.313 e. The van der Waals surface area contributed by atoms with E-state index in [0.717, 1.165) is 24.4 Å². The van der Waals surface area contributed by atoms with Gasteiger partial charge >= 0.3 is 0 Å². The summed E-state index contributed by atoms with van der Waals surface area (Å²) < 4.78 is 13.1. The molecule has 1 aliphatic rings. The fraction of sp³-hybridized carbons (Fsp3) is 0.625. The Morgan fingerprint density at radius 1 is 1.28 bits per heavy atom. The highest BCUT2D eigenvalue weighted by atomic mass is 19.1. The maximum absolute atomic E-state index is 13.1. The summed E-state index contributed by atoms with van der Waals surface area (Å²) in [4.78, 5) is 0. The summed E-state index contributed by atoms with van der Waals surface area (Å²) >= 11 is 0. The predicted molar refractivity (Wildman–Crippen MR) is 74.1 cm³/mol. The molecule has 1 saturated carbocycles. The highest BCUT2D eigenvalue weighted by Gasteiger charge is 2.44. The van der Waals surface area contributed by atoms with Crippen molar-refractivity contribution >= 4 is 0 Å². The Balaban J connectivity index is 1.81. The van der Waals surface area contributed by atoms with Crippen molar-refractivity contribution in [1.29, 1.82) is 0 Å². The van der Waals surface area contributed by atoms with Crippen LogP contribution in [0.1, 0.15) is 39.2 Å². The second-order valence-corrected chi connectivity index (χ2v) is 6.13. The minimum atomic E-state index is -0.138. The molecule has 0 heterocycles. The first kappa shape index (κ1) is 13.5. The lowest BCUT2D eigenvalue weighted by atomic mass is 9.92. The van der Waals surface area contributed by atoms with Gasteiger partial charge in [-0.3, -0.25) is 0 Å². The van der Waals surface area contributed by atoms with Crippen molar-refractivity contribution in [2.24, 2.45) is 11.3 Å². The first-order valence-corrected chi connectivity index (χ1v) is 7.00. The predicted octanol–water partition coefficient (Wildman–Crippen LogP) is 3.78. The summed E-state index contributed by atoms with van der Waals surface area (Å²) in [5.74, 6) is 0.618. The van der Waals surface area contributed by atoms with Gasteiger partial charge in [-0.15, -0.1) is 0 Å². The van der Waals surface area contributed by atoms with Gasteiger partial charge in [-0.25, -0.2) is 4.39 Å². The first-order chi connectivity index (χ1) is 8.52. The molecule has 2 heteroatoms. The minimum absolute atomic E-state index is 0.138. The van der Waals surface area contributed by atoms with E-state index in [1.165, 1.54) is 18.9 Å². The van der Waals surface area contributed by atoms with Gasteiger partial charge in [-0.1, -0.05) is 26.0 Å². The zero-order chi connectivity index (χ0) is 13.2. The van der Waals surface area contributed by atoms with E-state index in [-0.39, 0.29) is 5.82 Å². The summed E-state index contributed by atoms with van der Waals surface area (Å²) in [6, 6.07) is 7.32. The molecule has 1 aromatic carbocycles. The van der Waals surface area contributed by atoms with Crippen LogP contribution in [0.15, 0.2) is 24.3 Å². The lowest BCUT2D eigenvalue weighted by molar-refractivity contribution is 0.323. The van der Waals surface area contributed by atoms with Crippen LogP contribution in [0.5, 0.6) is 0 Å². The van der Waals surface area contributed by atoms with E-state index in [4.69, 9.17) is 0 Å². The molecule has 1 fully saturated rings. The molecule has 1 nitrogen and oxygen atoms in total. The monoisotopic (exact) mass is 249 g/mol. The number of nitrogens with one attached hydrogen (secondary N) is 1. The molecule has 1 aliphatic carbocycles.